The number of anilines is 2. The lowest BCUT2D eigenvalue weighted by atomic mass is 9.86. The second-order valence-corrected chi connectivity index (χ2v) is 9.57. The largest absolute Gasteiger partial charge is 0.494 e. The molecule has 1 aliphatic carbocycles. The van der Waals surface area contributed by atoms with Gasteiger partial charge in [0, 0.05) is 49.4 Å². The first-order valence-electron chi connectivity index (χ1n) is 13.0. The highest BCUT2D eigenvalue weighted by Gasteiger charge is 2.22. The predicted octanol–water partition coefficient (Wildman–Crippen LogP) is 5.86. The fourth-order valence-corrected chi connectivity index (χ4v) is 4.98. The monoisotopic (exact) mass is 476 g/mol. The SMILES string of the molecule is CCOc1ccc(OCC)c(CNCC2CCC(Nc3cc(N(C)C)c4ccccc4n3)CC2)c1. The van der Waals surface area contributed by atoms with Crippen LogP contribution in [0.5, 0.6) is 11.5 Å². The Morgan fingerprint density at radius 1 is 0.943 bits per heavy atom. The molecule has 4 rings (SSSR count). The van der Waals surface area contributed by atoms with E-state index in [1.807, 2.05) is 26.0 Å². The van der Waals surface area contributed by atoms with Crippen LogP contribution in [-0.4, -0.2) is 44.9 Å². The molecule has 35 heavy (non-hydrogen) atoms. The number of nitrogens with one attached hydrogen (secondary N) is 2. The Bertz CT molecular complexity index is 1090. The molecule has 0 atom stereocenters. The maximum atomic E-state index is 5.82. The van der Waals surface area contributed by atoms with Crippen LogP contribution in [0.25, 0.3) is 10.9 Å². The summed E-state index contributed by atoms with van der Waals surface area (Å²) in [6.45, 7) is 7.19. The van der Waals surface area contributed by atoms with E-state index in [1.165, 1.54) is 36.8 Å². The second kappa shape index (κ2) is 12.1. The van der Waals surface area contributed by atoms with Crippen LogP contribution in [0, 0.1) is 5.92 Å². The second-order valence-electron chi connectivity index (χ2n) is 9.57. The van der Waals surface area contributed by atoms with Gasteiger partial charge in [-0.15, -0.1) is 0 Å². The quantitative estimate of drug-likeness (QED) is 0.362. The third kappa shape index (κ3) is 6.57. The average molecular weight is 477 g/mol. The lowest BCUT2D eigenvalue weighted by Gasteiger charge is -2.30. The van der Waals surface area contributed by atoms with Gasteiger partial charge in [0.15, 0.2) is 0 Å². The summed E-state index contributed by atoms with van der Waals surface area (Å²) in [4.78, 5) is 7.05. The summed E-state index contributed by atoms with van der Waals surface area (Å²) in [5.74, 6) is 3.52. The van der Waals surface area contributed by atoms with E-state index >= 15 is 0 Å². The molecular weight excluding hydrogens is 436 g/mol. The molecule has 188 valence electrons. The zero-order chi connectivity index (χ0) is 24.6. The zero-order valence-corrected chi connectivity index (χ0v) is 21.6. The van der Waals surface area contributed by atoms with Crippen LogP contribution in [0.2, 0.25) is 0 Å². The molecule has 3 aromatic rings. The Morgan fingerprint density at radius 2 is 1.71 bits per heavy atom. The summed E-state index contributed by atoms with van der Waals surface area (Å²) in [5.41, 5.74) is 3.40. The van der Waals surface area contributed by atoms with Gasteiger partial charge in [-0.25, -0.2) is 4.98 Å². The lowest BCUT2D eigenvalue weighted by molar-refractivity contribution is 0.316. The van der Waals surface area contributed by atoms with Crippen LogP contribution in [0.1, 0.15) is 45.1 Å². The van der Waals surface area contributed by atoms with Crippen LogP contribution in [0.3, 0.4) is 0 Å². The van der Waals surface area contributed by atoms with Crippen LogP contribution in [-0.2, 0) is 6.54 Å². The molecule has 1 heterocycles. The van der Waals surface area contributed by atoms with Crippen LogP contribution >= 0.6 is 0 Å². The maximum Gasteiger partial charge on any atom is 0.128 e. The van der Waals surface area contributed by atoms with Crippen molar-refractivity contribution in [2.24, 2.45) is 5.92 Å². The van der Waals surface area contributed by atoms with Gasteiger partial charge in [0.2, 0.25) is 0 Å². The van der Waals surface area contributed by atoms with Crippen molar-refractivity contribution in [1.82, 2.24) is 10.3 Å². The number of rotatable bonds is 11. The van der Waals surface area contributed by atoms with Gasteiger partial charge < -0.3 is 25.0 Å². The van der Waals surface area contributed by atoms with E-state index < -0.39 is 0 Å². The highest BCUT2D eigenvalue weighted by atomic mass is 16.5. The van der Waals surface area contributed by atoms with Crippen molar-refractivity contribution in [3.8, 4) is 11.5 Å². The predicted molar refractivity (Wildman–Crippen MR) is 146 cm³/mol. The van der Waals surface area contributed by atoms with Gasteiger partial charge in [-0.1, -0.05) is 18.2 Å². The number of benzene rings is 2. The summed E-state index contributed by atoms with van der Waals surface area (Å²) in [5, 5.41) is 8.58. The first-order valence-corrected chi connectivity index (χ1v) is 13.0. The topological polar surface area (TPSA) is 58.7 Å². The first-order chi connectivity index (χ1) is 17.1. The number of pyridine rings is 1. The zero-order valence-electron chi connectivity index (χ0n) is 21.6. The molecule has 0 bridgehead atoms. The number of aromatic nitrogens is 1. The third-order valence-corrected chi connectivity index (χ3v) is 6.77. The van der Waals surface area contributed by atoms with Crippen molar-refractivity contribution in [3.05, 3.63) is 54.1 Å². The Hall–Kier alpha value is -2.99. The number of hydrogen-bond acceptors (Lipinski definition) is 6. The van der Waals surface area contributed by atoms with Gasteiger partial charge in [0.05, 0.1) is 18.7 Å². The van der Waals surface area contributed by atoms with Crippen molar-refractivity contribution < 1.29 is 9.47 Å². The number of ether oxygens (including phenoxy) is 2. The molecule has 0 spiro atoms. The van der Waals surface area contributed by atoms with Gasteiger partial charge in [-0.3, -0.25) is 0 Å². The molecular formula is C29H40N4O2. The standard InChI is InChI=1S/C29H40N4O2/c1-5-34-24-15-16-28(35-6-2)22(17-24)20-30-19-21-11-13-23(14-12-21)31-29-18-27(33(3)4)25-9-7-8-10-26(25)32-29/h7-10,15-18,21,23,30H,5-6,11-14,19-20H2,1-4H3,(H,31,32). The Labute approximate surface area is 210 Å². The van der Waals surface area contributed by atoms with Gasteiger partial charge in [0.25, 0.3) is 0 Å². The van der Waals surface area contributed by atoms with E-state index in [4.69, 9.17) is 14.5 Å². The smallest absolute Gasteiger partial charge is 0.128 e. The van der Waals surface area contributed by atoms with Gasteiger partial charge in [-0.05, 0) is 76.3 Å². The molecule has 2 N–H and O–H groups in total. The van der Waals surface area contributed by atoms with Crippen LogP contribution in [0.4, 0.5) is 11.5 Å². The van der Waals surface area contributed by atoms with Gasteiger partial charge in [-0.2, -0.15) is 0 Å². The molecule has 1 fully saturated rings. The number of nitrogens with zero attached hydrogens (tertiary/aromatic N) is 2. The van der Waals surface area contributed by atoms with Crippen LogP contribution < -0.4 is 25.0 Å². The Balaban J connectivity index is 1.29. The number of fused-ring (bicyclic) bond motifs is 1. The Kier molecular flexibility index (Phi) is 8.69. The molecule has 6 nitrogen and oxygen atoms in total. The molecule has 2 aromatic carbocycles. The van der Waals surface area contributed by atoms with Crippen molar-refractivity contribution in [3.63, 3.8) is 0 Å². The molecule has 0 radical (unpaired) electrons. The molecule has 1 aliphatic rings. The van der Waals surface area contributed by atoms with E-state index in [9.17, 15) is 0 Å². The molecule has 0 amide bonds. The first kappa shape index (κ1) is 25.1. The van der Waals surface area contributed by atoms with E-state index in [-0.39, 0.29) is 0 Å². The van der Waals surface area contributed by atoms with E-state index in [0.717, 1.165) is 41.5 Å². The van der Waals surface area contributed by atoms with E-state index in [1.54, 1.807) is 0 Å². The summed E-state index contributed by atoms with van der Waals surface area (Å²) in [6, 6.07) is 17.1. The molecule has 1 aromatic heterocycles. The minimum Gasteiger partial charge on any atom is -0.494 e. The fourth-order valence-electron chi connectivity index (χ4n) is 4.98. The van der Waals surface area contributed by atoms with E-state index in [2.05, 4.69) is 66.0 Å². The summed E-state index contributed by atoms with van der Waals surface area (Å²) < 4.78 is 11.5. The maximum absolute atomic E-state index is 5.82. The van der Waals surface area contributed by atoms with Crippen molar-refractivity contribution >= 4 is 22.4 Å². The highest BCUT2D eigenvalue weighted by Crippen LogP contribution is 2.31. The van der Waals surface area contributed by atoms with Crippen LogP contribution in [0.15, 0.2) is 48.5 Å². The van der Waals surface area contributed by atoms with Crippen molar-refractivity contribution in [1.29, 1.82) is 0 Å². The van der Waals surface area contributed by atoms with E-state index in [0.29, 0.717) is 25.2 Å². The summed E-state index contributed by atoms with van der Waals surface area (Å²) in [7, 11) is 4.18. The van der Waals surface area contributed by atoms with Crippen molar-refractivity contribution in [2.75, 3.05) is 44.1 Å². The fraction of sp³-hybridized carbons (Fsp3) is 0.483. The van der Waals surface area contributed by atoms with Crippen molar-refractivity contribution in [2.45, 2.75) is 52.1 Å². The average Bonchev–Trinajstić information content (AvgIpc) is 2.86. The van der Waals surface area contributed by atoms with Gasteiger partial charge >= 0.3 is 0 Å². The highest BCUT2D eigenvalue weighted by molar-refractivity contribution is 5.93. The summed E-state index contributed by atoms with van der Waals surface area (Å²) >= 11 is 0. The molecule has 0 unspecified atom stereocenters. The third-order valence-electron chi connectivity index (χ3n) is 6.77. The van der Waals surface area contributed by atoms with Gasteiger partial charge in [0.1, 0.15) is 17.3 Å². The molecule has 6 heteroatoms. The number of hydrogen-bond donors (Lipinski definition) is 2. The number of para-hydroxylation sites is 1. The normalized spacial score (nSPS) is 17.8. The lowest BCUT2D eigenvalue weighted by Crippen LogP contribution is -2.31. The minimum atomic E-state index is 0.474. The molecule has 1 saturated carbocycles. The minimum absolute atomic E-state index is 0.474. The molecule has 0 saturated heterocycles. The summed E-state index contributed by atoms with van der Waals surface area (Å²) in [6.07, 6.45) is 4.77. The molecule has 0 aliphatic heterocycles. The Morgan fingerprint density at radius 3 is 2.46 bits per heavy atom.